The number of halogens is 1. The summed E-state index contributed by atoms with van der Waals surface area (Å²) < 4.78 is 1.88. The third-order valence-corrected chi connectivity index (χ3v) is 4.15. The van der Waals surface area contributed by atoms with Crippen LogP contribution in [0.4, 0.5) is 0 Å². The molecule has 1 heterocycles. The average Bonchev–Trinajstić information content (AvgIpc) is 2.89. The minimum atomic E-state index is 0. The molecule has 6 heteroatoms. The van der Waals surface area contributed by atoms with Gasteiger partial charge in [0.15, 0.2) is 5.96 Å². The topological polar surface area (TPSA) is 54.2 Å². The van der Waals surface area contributed by atoms with Crippen LogP contribution in [-0.4, -0.2) is 29.3 Å². The number of aliphatic imine (C=N–C) groups is 1. The number of nitrogens with one attached hydrogen (secondary N) is 2. The monoisotopic (exact) mass is 405 g/mol. The number of hydrogen-bond acceptors (Lipinski definition) is 2. The van der Waals surface area contributed by atoms with Crippen LogP contribution < -0.4 is 10.6 Å². The molecular weight excluding hydrogens is 377 g/mol. The van der Waals surface area contributed by atoms with Gasteiger partial charge in [0.2, 0.25) is 0 Å². The van der Waals surface area contributed by atoms with Gasteiger partial charge < -0.3 is 10.6 Å². The van der Waals surface area contributed by atoms with Crippen LogP contribution in [0.2, 0.25) is 0 Å². The highest BCUT2D eigenvalue weighted by Gasteiger charge is 2.12. The van der Waals surface area contributed by atoms with Crippen molar-refractivity contribution in [2.24, 2.45) is 18.0 Å². The quantitative estimate of drug-likeness (QED) is 0.450. The lowest BCUT2D eigenvalue weighted by molar-refractivity contribution is 0.339. The van der Waals surface area contributed by atoms with E-state index in [0.29, 0.717) is 0 Å². The van der Waals surface area contributed by atoms with Crippen LogP contribution in [0.15, 0.2) is 17.3 Å². The van der Waals surface area contributed by atoms with E-state index in [1.54, 1.807) is 0 Å². The Bertz CT molecular complexity index is 423. The number of guanidine groups is 1. The molecule has 120 valence electrons. The maximum absolute atomic E-state index is 4.26. The Kier molecular flexibility index (Phi) is 8.72. The molecule has 0 atom stereocenters. The van der Waals surface area contributed by atoms with Gasteiger partial charge in [-0.1, -0.05) is 32.1 Å². The van der Waals surface area contributed by atoms with Crippen molar-refractivity contribution in [2.75, 3.05) is 13.6 Å². The van der Waals surface area contributed by atoms with Gasteiger partial charge in [-0.15, -0.1) is 24.0 Å². The van der Waals surface area contributed by atoms with E-state index in [2.05, 4.69) is 20.7 Å². The number of rotatable bonds is 5. The van der Waals surface area contributed by atoms with Crippen molar-refractivity contribution in [1.82, 2.24) is 20.4 Å². The number of nitrogens with zero attached hydrogens (tertiary/aromatic N) is 3. The first-order valence-corrected chi connectivity index (χ1v) is 7.71. The lowest BCUT2D eigenvalue weighted by Crippen LogP contribution is -2.38. The van der Waals surface area contributed by atoms with Gasteiger partial charge >= 0.3 is 0 Å². The summed E-state index contributed by atoms with van der Waals surface area (Å²) in [6.07, 6.45) is 10.1. The van der Waals surface area contributed by atoms with E-state index in [9.17, 15) is 0 Å². The molecular formula is C15H28IN5. The summed E-state index contributed by atoms with van der Waals surface area (Å²) in [5.74, 6) is 1.79. The number of aryl methyl sites for hydroxylation is 1. The van der Waals surface area contributed by atoms with Crippen molar-refractivity contribution < 1.29 is 0 Å². The van der Waals surface area contributed by atoms with Gasteiger partial charge in [0.05, 0.1) is 12.2 Å². The SMILES string of the molecule is CN=C(NCCC1CCCCC1)NCc1ccnn1C.I. The third-order valence-electron chi connectivity index (χ3n) is 4.15. The zero-order chi connectivity index (χ0) is 14.2. The van der Waals surface area contributed by atoms with Crippen molar-refractivity contribution in [1.29, 1.82) is 0 Å². The molecule has 1 fully saturated rings. The second-order valence-corrected chi connectivity index (χ2v) is 5.59. The first-order valence-electron chi connectivity index (χ1n) is 7.71. The number of hydrogen-bond donors (Lipinski definition) is 2. The molecule has 21 heavy (non-hydrogen) atoms. The highest BCUT2D eigenvalue weighted by atomic mass is 127. The summed E-state index contributed by atoms with van der Waals surface area (Å²) in [6, 6.07) is 2.02. The fraction of sp³-hybridized carbons (Fsp3) is 0.733. The Balaban J connectivity index is 0.00000220. The molecule has 0 saturated heterocycles. The lowest BCUT2D eigenvalue weighted by atomic mass is 9.87. The lowest BCUT2D eigenvalue weighted by Gasteiger charge is -2.22. The fourth-order valence-corrected chi connectivity index (χ4v) is 2.84. The van der Waals surface area contributed by atoms with Crippen LogP contribution in [0.3, 0.4) is 0 Å². The van der Waals surface area contributed by atoms with Crippen molar-refractivity contribution in [3.8, 4) is 0 Å². The summed E-state index contributed by atoms with van der Waals surface area (Å²) in [5.41, 5.74) is 1.15. The number of aromatic nitrogens is 2. The Morgan fingerprint density at radius 3 is 2.71 bits per heavy atom. The standard InChI is InChI=1S/C15H27N5.HI/c1-16-15(18-12-14-9-11-19-20(14)2)17-10-8-13-6-4-3-5-7-13;/h9,11,13H,3-8,10,12H2,1-2H3,(H2,16,17,18);1H. The molecule has 0 bridgehead atoms. The van der Waals surface area contributed by atoms with Gasteiger partial charge in [0.25, 0.3) is 0 Å². The smallest absolute Gasteiger partial charge is 0.191 e. The van der Waals surface area contributed by atoms with E-state index in [0.717, 1.165) is 30.7 Å². The average molecular weight is 405 g/mol. The molecule has 0 aromatic carbocycles. The van der Waals surface area contributed by atoms with Crippen molar-refractivity contribution in [2.45, 2.75) is 45.1 Å². The van der Waals surface area contributed by atoms with E-state index in [1.165, 1.54) is 38.5 Å². The predicted molar refractivity (Wildman–Crippen MR) is 98.0 cm³/mol. The second kappa shape index (κ2) is 10.0. The normalized spacial score (nSPS) is 16.4. The van der Waals surface area contributed by atoms with Crippen LogP contribution >= 0.6 is 24.0 Å². The summed E-state index contributed by atoms with van der Waals surface area (Å²) >= 11 is 0. The molecule has 2 rings (SSSR count). The molecule has 0 spiro atoms. The fourth-order valence-electron chi connectivity index (χ4n) is 2.84. The van der Waals surface area contributed by atoms with Crippen molar-refractivity contribution >= 4 is 29.9 Å². The molecule has 1 saturated carbocycles. The molecule has 1 aliphatic rings. The van der Waals surface area contributed by atoms with Crippen LogP contribution in [-0.2, 0) is 13.6 Å². The van der Waals surface area contributed by atoms with E-state index in [4.69, 9.17) is 0 Å². The molecule has 5 nitrogen and oxygen atoms in total. The van der Waals surface area contributed by atoms with Gasteiger partial charge in [-0.3, -0.25) is 9.67 Å². The largest absolute Gasteiger partial charge is 0.356 e. The van der Waals surface area contributed by atoms with Gasteiger partial charge in [-0.2, -0.15) is 5.10 Å². The maximum atomic E-state index is 4.26. The second-order valence-electron chi connectivity index (χ2n) is 5.59. The minimum Gasteiger partial charge on any atom is -0.356 e. The zero-order valence-electron chi connectivity index (χ0n) is 13.1. The highest BCUT2D eigenvalue weighted by molar-refractivity contribution is 14.0. The van der Waals surface area contributed by atoms with Crippen LogP contribution in [0.5, 0.6) is 0 Å². The van der Waals surface area contributed by atoms with Crippen LogP contribution in [0, 0.1) is 5.92 Å². The summed E-state index contributed by atoms with van der Waals surface area (Å²) in [5, 5.41) is 10.9. The predicted octanol–water partition coefficient (Wildman–Crippen LogP) is 2.67. The summed E-state index contributed by atoms with van der Waals surface area (Å²) in [7, 11) is 3.77. The Morgan fingerprint density at radius 1 is 1.33 bits per heavy atom. The van der Waals surface area contributed by atoms with Crippen LogP contribution in [0.25, 0.3) is 0 Å². The minimum absolute atomic E-state index is 0. The molecule has 1 aromatic rings. The van der Waals surface area contributed by atoms with Gasteiger partial charge in [-0.05, 0) is 18.4 Å². The molecule has 0 amide bonds. The maximum Gasteiger partial charge on any atom is 0.191 e. The van der Waals surface area contributed by atoms with Crippen molar-refractivity contribution in [3.63, 3.8) is 0 Å². The van der Waals surface area contributed by atoms with Crippen LogP contribution in [0.1, 0.15) is 44.2 Å². The van der Waals surface area contributed by atoms with E-state index < -0.39 is 0 Å². The molecule has 0 radical (unpaired) electrons. The first-order chi connectivity index (χ1) is 9.79. The molecule has 0 aliphatic heterocycles. The summed E-state index contributed by atoms with van der Waals surface area (Å²) in [6.45, 7) is 1.76. The third kappa shape index (κ3) is 6.23. The Morgan fingerprint density at radius 2 is 2.10 bits per heavy atom. The van der Waals surface area contributed by atoms with Gasteiger partial charge in [-0.25, -0.2) is 0 Å². The summed E-state index contributed by atoms with van der Waals surface area (Å²) in [4.78, 5) is 4.26. The van der Waals surface area contributed by atoms with E-state index in [-0.39, 0.29) is 24.0 Å². The Labute approximate surface area is 145 Å². The van der Waals surface area contributed by atoms with Gasteiger partial charge in [0, 0.05) is 26.8 Å². The molecule has 0 unspecified atom stereocenters. The molecule has 1 aliphatic carbocycles. The van der Waals surface area contributed by atoms with E-state index >= 15 is 0 Å². The molecule has 1 aromatic heterocycles. The van der Waals surface area contributed by atoms with E-state index in [1.807, 2.05) is 31.0 Å². The Hall–Kier alpha value is -0.790. The van der Waals surface area contributed by atoms with Crippen molar-refractivity contribution in [3.05, 3.63) is 18.0 Å². The highest BCUT2D eigenvalue weighted by Crippen LogP contribution is 2.25. The molecule has 2 N–H and O–H groups in total. The van der Waals surface area contributed by atoms with Gasteiger partial charge in [0.1, 0.15) is 0 Å². The first kappa shape index (κ1) is 18.3. The zero-order valence-corrected chi connectivity index (χ0v) is 15.5.